The summed E-state index contributed by atoms with van der Waals surface area (Å²) in [6.45, 7) is 0.232. The molecule has 0 saturated carbocycles. The van der Waals surface area contributed by atoms with Gasteiger partial charge in [0, 0.05) is 30.4 Å². The summed E-state index contributed by atoms with van der Waals surface area (Å²) in [7, 11) is 0. The number of pyridine rings is 1. The zero-order chi connectivity index (χ0) is 21.9. The van der Waals surface area contributed by atoms with Gasteiger partial charge in [0.25, 0.3) is 11.5 Å². The lowest BCUT2D eigenvalue weighted by molar-refractivity contribution is -0.154. The van der Waals surface area contributed by atoms with Gasteiger partial charge in [0.15, 0.2) is 6.61 Å². The summed E-state index contributed by atoms with van der Waals surface area (Å²) >= 11 is 0. The molecule has 2 heterocycles. The maximum Gasteiger partial charge on any atom is 0.422 e. The van der Waals surface area contributed by atoms with E-state index in [-0.39, 0.29) is 41.0 Å². The molecule has 1 amide bonds. The summed E-state index contributed by atoms with van der Waals surface area (Å²) in [6.07, 6.45) is -3.24. The Morgan fingerprint density at radius 1 is 1.27 bits per heavy atom. The zero-order valence-electron chi connectivity index (χ0n) is 15.7. The van der Waals surface area contributed by atoms with Gasteiger partial charge in [0.1, 0.15) is 0 Å². The first-order valence-electron chi connectivity index (χ1n) is 8.88. The molecule has 0 saturated heterocycles. The minimum Gasteiger partial charge on any atom is -0.468 e. The second-order valence-electron chi connectivity index (χ2n) is 6.29. The molecule has 2 N–H and O–H groups in total. The highest BCUT2D eigenvalue weighted by Crippen LogP contribution is 2.20. The number of amides is 1. The maximum absolute atomic E-state index is 12.5. The van der Waals surface area contributed by atoms with Gasteiger partial charge in [0.05, 0.1) is 10.9 Å². The van der Waals surface area contributed by atoms with Crippen LogP contribution >= 0.6 is 0 Å². The fourth-order valence-electron chi connectivity index (χ4n) is 2.80. The smallest absolute Gasteiger partial charge is 0.422 e. The maximum atomic E-state index is 12.5. The predicted molar refractivity (Wildman–Crippen MR) is 101 cm³/mol. The van der Waals surface area contributed by atoms with Gasteiger partial charge in [0.2, 0.25) is 5.88 Å². The largest absolute Gasteiger partial charge is 0.468 e. The molecule has 3 rings (SSSR count). The molecule has 0 bridgehead atoms. The van der Waals surface area contributed by atoms with Crippen molar-refractivity contribution in [3.63, 3.8) is 0 Å². The molecule has 8 nitrogen and oxygen atoms in total. The van der Waals surface area contributed by atoms with Crippen LogP contribution in [0.25, 0.3) is 10.9 Å². The Morgan fingerprint density at radius 3 is 2.73 bits per heavy atom. The van der Waals surface area contributed by atoms with Crippen molar-refractivity contribution in [1.29, 1.82) is 0 Å². The molecule has 0 atom stereocenters. The van der Waals surface area contributed by atoms with Gasteiger partial charge in [-0.3, -0.25) is 14.2 Å². The minimum absolute atomic E-state index is 0.133. The molecule has 0 radical (unpaired) electrons. The van der Waals surface area contributed by atoms with Crippen LogP contribution < -0.4 is 21.3 Å². The van der Waals surface area contributed by atoms with Crippen LogP contribution in [0.15, 0.2) is 46.1 Å². The Labute approximate surface area is 167 Å². The lowest BCUT2D eigenvalue weighted by Gasteiger charge is -2.12. The SMILES string of the molecule is CCn1c(=O)[nH]c2cc(C(=O)NCc3cccnc3OCC(F)(F)F)ccc2c1=O. The van der Waals surface area contributed by atoms with Crippen molar-refractivity contribution in [3.8, 4) is 5.88 Å². The Bertz CT molecular complexity index is 1200. The number of carbonyl (C=O) groups is 1. The third-order valence-corrected chi connectivity index (χ3v) is 4.22. The molecule has 2 aromatic heterocycles. The molecule has 158 valence electrons. The third kappa shape index (κ3) is 4.67. The number of aromatic amines is 1. The summed E-state index contributed by atoms with van der Waals surface area (Å²) in [5, 5.41) is 2.81. The standard InChI is InChI=1S/C19H17F3N4O4/c1-2-26-17(28)13-6-5-11(8-14(13)25-18(26)29)15(27)24-9-12-4-3-7-23-16(12)30-10-19(20,21)22/h3-8H,2,9-10H2,1H3,(H,24,27)(H,25,29). The number of nitrogens with one attached hydrogen (secondary N) is 2. The molecule has 1 aromatic carbocycles. The number of halogens is 3. The van der Waals surface area contributed by atoms with Crippen LogP contribution in [0.4, 0.5) is 13.2 Å². The van der Waals surface area contributed by atoms with Crippen molar-refractivity contribution < 1.29 is 22.7 Å². The number of carbonyl (C=O) groups excluding carboxylic acids is 1. The van der Waals surface area contributed by atoms with Crippen LogP contribution in [0.2, 0.25) is 0 Å². The van der Waals surface area contributed by atoms with Crippen LogP contribution in [-0.2, 0) is 13.1 Å². The van der Waals surface area contributed by atoms with Gasteiger partial charge < -0.3 is 15.0 Å². The second-order valence-corrected chi connectivity index (χ2v) is 6.29. The number of rotatable bonds is 6. The molecule has 11 heteroatoms. The first kappa shape index (κ1) is 21.1. The van der Waals surface area contributed by atoms with Crippen LogP contribution in [0.3, 0.4) is 0 Å². The highest BCUT2D eigenvalue weighted by molar-refractivity contribution is 5.97. The third-order valence-electron chi connectivity index (χ3n) is 4.22. The molecular formula is C19H17F3N4O4. The molecule has 0 fully saturated rings. The molecule has 0 spiro atoms. The van der Waals surface area contributed by atoms with Gasteiger partial charge in [-0.2, -0.15) is 13.2 Å². The summed E-state index contributed by atoms with van der Waals surface area (Å²) in [5.41, 5.74) is -0.430. The minimum atomic E-state index is -4.52. The monoisotopic (exact) mass is 422 g/mol. The molecule has 0 aliphatic heterocycles. The fourth-order valence-corrected chi connectivity index (χ4v) is 2.80. The Balaban J connectivity index is 1.78. The van der Waals surface area contributed by atoms with E-state index in [9.17, 15) is 27.6 Å². The Kier molecular flexibility index (Phi) is 5.90. The van der Waals surface area contributed by atoms with Gasteiger partial charge in [-0.15, -0.1) is 0 Å². The number of nitrogens with zero attached hydrogens (tertiary/aromatic N) is 2. The van der Waals surface area contributed by atoms with Crippen molar-refractivity contribution >= 4 is 16.8 Å². The van der Waals surface area contributed by atoms with Gasteiger partial charge in [-0.25, -0.2) is 9.78 Å². The lowest BCUT2D eigenvalue weighted by Crippen LogP contribution is -2.34. The number of aromatic nitrogens is 3. The van der Waals surface area contributed by atoms with E-state index in [1.54, 1.807) is 6.92 Å². The number of ether oxygens (including phenoxy) is 1. The molecule has 0 aliphatic carbocycles. The molecular weight excluding hydrogens is 405 g/mol. The van der Waals surface area contributed by atoms with E-state index < -0.39 is 29.9 Å². The average Bonchev–Trinajstić information content (AvgIpc) is 2.70. The summed E-state index contributed by atoms with van der Waals surface area (Å²) in [4.78, 5) is 43.0. The van der Waals surface area contributed by atoms with E-state index in [1.165, 1.54) is 36.5 Å². The van der Waals surface area contributed by atoms with E-state index in [0.29, 0.717) is 0 Å². The molecule has 0 aliphatic rings. The Morgan fingerprint density at radius 2 is 2.03 bits per heavy atom. The van der Waals surface area contributed by atoms with Gasteiger partial charge in [-0.1, -0.05) is 6.07 Å². The van der Waals surface area contributed by atoms with Crippen LogP contribution in [0.5, 0.6) is 5.88 Å². The highest BCUT2D eigenvalue weighted by Gasteiger charge is 2.29. The van der Waals surface area contributed by atoms with Crippen molar-refractivity contribution in [3.05, 3.63) is 68.5 Å². The van der Waals surface area contributed by atoms with Gasteiger partial charge >= 0.3 is 11.9 Å². The predicted octanol–water partition coefficient (Wildman–Crippen LogP) is 1.98. The van der Waals surface area contributed by atoms with E-state index >= 15 is 0 Å². The first-order valence-corrected chi connectivity index (χ1v) is 8.88. The van der Waals surface area contributed by atoms with Crippen LogP contribution in [-0.4, -0.2) is 33.2 Å². The number of H-pyrrole nitrogens is 1. The normalized spacial score (nSPS) is 11.5. The summed E-state index contributed by atoms with van der Waals surface area (Å²) in [5.74, 6) is -0.791. The molecule has 3 aromatic rings. The van der Waals surface area contributed by atoms with Gasteiger partial charge in [-0.05, 0) is 31.2 Å². The second kappa shape index (κ2) is 8.39. The number of alkyl halides is 3. The van der Waals surface area contributed by atoms with Crippen molar-refractivity contribution in [2.75, 3.05) is 6.61 Å². The summed E-state index contributed by atoms with van der Waals surface area (Å²) in [6, 6.07) is 7.18. The summed E-state index contributed by atoms with van der Waals surface area (Å²) < 4.78 is 42.8. The van der Waals surface area contributed by atoms with Crippen LogP contribution in [0, 0.1) is 0 Å². The first-order chi connectivity index (χ1) is 14.2. The van der Waals surface area contributed by atoms with E-state index in [0.717, 1.165) is 4.57 Å². The number of hydrogen-bond donors (Lipinski definition) is 2. The van der Waals surface area contributed by atoms with E-state index in [2.05, 4.69) is 20.0 Å². The molecule has 0 unspecified atom stereocenters. The van der Waals surface area contributed by atoms with Crippen LogP contribution in [0.1, 0.15) is 22.8 Å². The van der Waals surface area contributed by atoms with E-state index in [1.807, 2.05) is 0 Å². The number of benzene rings is 1. The molecule has 30 heavy (non-hydrogen) atoms. The quantitative estimate of drug-likeness (QED) is 0.632. The zero-order valence-corrected chi connectivity index (χ0v) is 15.7. The fraction of sp³-hybridized carbons (Fsp3) is 0.263. The van der Waals surface area contributed by atoms with Crippen molar-refractivity contribution in [2.24, 2.45) is 0 Å². The number of hydrogen-bond acceptors (Lipinski definition) is 5. The van der Waals surface area contributed by atoms with E-state index in [4.69, 9.17) is 0 Å². The average molecular weight is 422 g/mol. The highest BCUT2D eigenvalue weighted by atomic mass is 19.4. The Hall–Kier alpha value is -3.63. The van der Waals surface area contributed by atoms with Crippen molar-refractivity contribution in [2.45, 2.75) is 26.2 Å². The topological polar surface area (TPSA) is 106 Å². The lowest BCUT2D eigenvalue weighted by atomic mass is 10.1. The van der Waals surface area contributed by atoms with Crippen molar-refractivity contribution in [1.82, 2.24) is 19.9 Å². The number of fused-ring (bicyclic) bond motifs is 1.